The number of fused-ring (bicyclic) bond motifs is 2. The number of benzene rings is 2. The maximum absolute atomic E-state index is 9.80. The van der Waals surface area contributed by atoms with Crippen LogP contribution in [0.2, 0.25) is 0 Å². The Morgan fingerprint density at radius 1 is 0.926 bits per heavy atom. The molecule has 0 unspecified atom stereocenters. The van der Waals surface area contributed by atoms with E-state index in [2.05, 4.69) is 14.2 Å². The number of rotatable bonds is 3. The van der Waals surface area contributed by atoms with Crippen molar-refractivity contribution in [2.75, 3.05) is 34.8 Å². The van der Waals surface area contributed by atoms with E-state index < -0.39 is 10.4 Å². The van der Waals surface area contributed by atoms with Crippen LogP contribution in [0.5, 0.6) is 0 Å². The SMILES string of the molecule is COS(=O)(=O)O.C[N+](C)(C)CC=O.c1ccc2nc3ccccc3nc2c1. The van der Waals surface area contributed by atoms with E-state index in [1.165, 1.54) is 0 Å². The first kappa shape index (κ1) is 22.6. The normalized spacial score (nSPS) is 11.1. The number of aldehydes is 1. The molecule has 0 spiro atoms. The Morgan fingerprint density at radius 3 is 1.37 bits per heavy atom. The fourth-order valence-corrected chi connectivity index (χ4v) is 1.79. The minimum Gasteiger partial charge on any atom is -0.325 e. The van der Waals surface area contributed by atoms with Crippen molar-refractivity contribution in [3.8, 4) is 0 Å². The van der Waals surface area contributed by atoms with Crippen molar-refractivity contribution < 1.29 is 26.4 Å². The largest absolute Gasteiger partial charge is 0.397 e. The highest BCUT2D eigenvalue weighted by Crippen LogP contribution is 2.14. The smallest absolute Gasteiger partial charge is 0.325 e. The fourth-order valence-electron chi connectivity index (χ4n) is 1.79. The summed E-state index contributed by atoms with van der Waals surface area (Å²) in [5.74, 6) is 0. The van der Waals surface area contributed by atoms with Gasteiger partial charge in [-0.2, -0.15) is 8.42 Å². The second-order valence-electron chi connectivity index (χ2n) is 6.43. The Kier molecular flexibility index (Phi) is 8.38. The monoisotopic (exact) mass is 394 g/mol. The van der Waals surface area contributed by atoms with Crippen molar-refractivity contribution >= 4 is 38.8 Å². The number of para-hydroxylation sites is 4. The van der Waals surface area contributed by atoms with Gasteiger partial charge in [-0.05, 0) is 24.3 Å². The van der Waals surface area contributed by atoms with Crippen molar-refractivity contribution in [1.29, 1.82) is 0 Å². The lowest BCUT2D eigenvalue weighted by atomic mass is 10.2. The van der Waals surface area contributed by atoms with Gasteiger partial charge in [0.2, 0.25) is 0 Å². The molecule has 0 aliphatic heterocycles. The summed E-state index contributed by atoms with van der Waals surface area (Å²) < 4.78 is 30.4. The average molecular weight is 394 g/mol. The van der Waals surface area contributed by atoms with Crippen LogP contribution in [0.3, 0.4) is 0 Å². The highest BCUT2D eigenvalue weighted by Gasteiger charge is 2.02. The first-order valence-corrected chi connectivity index (χ1v) is 9.31. The molecule has 2 aromatic carbocycles. The van der Waals surface area contributed by atoms with Crippen molar-refractivity contribution in [2.45, 2.75) is 0 Å². The summed E-state index contributed by atoms with van der Waals surface area (Å²) in [5, 5.41) is 0. The average Bonchev–Trinajstić information content (AvgIpc) is 2.59. The lowest BCUT2D eigenvalue weighted by Gasteiger charge is -2.19. The van der Waals surface area contributed by atoms with Crippen LogP contribution in [-0.4, -0.2) is 68.5 Å². The Bertz CT molecular complexity index is 880. The van der Waals surface area contributed by atoms with Gasteiger partial charge >= 0.3 is 10.4 Å². The zero-order valence-corrected chi connectivity index (χ0v) is 16.5. The molecule has 0 radical (unpaired) electrons. The van der Waals surface area contributed by atoms with E-state index in [0.29, 0.717) is 6.54 Å². The molecule has 0 atom stereocenters. The summed E-state index contributed by atoms with van der Waals surface area (Å²) in [6.45, 7) is 0.597. The summed E-state index contributed by atoms with van der Waals surface area (Å²) in [5.41, 5.74) is 3.80. The maximum Gasteiger partial charge on any atom is 0.397 e. The minimum atomic E-state index is -4.16. The van der Waals surface area contributed by atoms with Gasteiger partial charge in [-0.1, -0.05) is 24.3 Å². The highest BCUT2D eigenvalue weighted by molar-refractivity contribution is 7.80. The molecule has 3 aromatic rings. The Hall–Kier alpha value is -2.46. The van der Waals surface area contributed by atoms with Crippen molar-refractivity contribution in [1.82, 2.24) is 9.97 Å². The zero-order valence-electron chi connectivity index (χ0n) is 15.7. The molecule has 0 fully saturated rings. The molecule has 0 bridgehead atoms. The topological polar surface area (TPSA) is 106 Å². The van der Waals surface area contributed by atoms with Crippen LogP contribution in [0.1, 0.15) is 0 Å². The van der Waals surface area contributed by atoms with Crippen LogP contribution in [0, 0.1) is 0 Å². The third kappa shape index (κ3) is 9.15. The van der Waals surface area contributed by atoms with Gasteiger partial charge in [0.15, 0.2) is 6.29 Å². The second kappa shape index (κ2) is 10.0. The molecule has 0 saturated carbocycles. The van der Waals surface area contributed by atoms with Gasteiger partial charge in [-0.3, -0.25) is 13.5 Å². The first-order chi connectivity index (χ1) is 12.6. The Morgan fingerprint density at radius 2 is 1.22 bits per heavy atom. The number of likely N-dealkylation sites (N-methyl/N-ethyl adjacent to an activating group) is 1. The molecule has 0 saturated heterocycles. The van der Waals surface area contributed by atoms with Gasteiger partial charge in [0, 0.05) is 0 Å². The first-order valence-electron chi connectivity index (χ1n) is 7.94. The number of aromatic nitrogens is 2. The lowest BCUT2D eigenvalue weighted by molar-refractivity contribution is -0.861. The molecule has 146 valence electrons. The number of hydrogen-bond donors (Lipinski definition) is 1. The van der Waals surface area contributed by atoms with E-state index in [9.17, 15) is 13.2 Å². The van der Waals surface area contributed by atoms with Gasteiger partial charge in [0.25, 0.3) is 0 Å². The van der Waals surface area contributed by atoms with E-state index in [0.717, 1.165) is 39.9 Å². The van der Waals surface area contributed by atoms with E-state index in [1.807, 2.05) is 69.7 Å². The molecular formula is C18H24N3O5S+. The predicted molar refractivity (Wildman–Crippen MR) is 105 cm³/mol. The summed E-state index contributed by atoms with van der Waals surface area (Å²) >= 11 is 0. The highest BCUT2D eigenvalue weighted by atomic mass is 32.3. The van der Waals surface area contributed by atoms with Crippen LogP contribution in [0.25, 0.3) is 22.1 Å². The second-order valence-corrected chi connectivity index (χ2v) is 7.62. The minimum absolute atomic E-state index is 0.597. The van der Waals surface area contributed by atoms with Crippen LogP contribution in [0.4, 0.5) is 0 Å². The molecule has 27 heavy (non-hydrogen) atoms. The standard InChI is InChI=1S/C12H8N2.C5H12NO.CH4O4S/c1-2-6-10-9(5-1)13-11-7-3-4-8-12(11)14-10;1-6(2,3)4-5-7;1-5-6(2,3)4/h1-8H;5H,4H2,1-3H3;1H3,(H,2,3,4)/q;+1;. The van der Waals surface area contributed by atoms with E-state index in [4.69, 9.17) is 4.55 Å². The van der Waals surface area contributed by atoms with Gasteiger partial charge < -0.3 is 4.48 Å². The molecule has 1 heterocycles. The number of carbonyl (C=O) groups excluding carboxylic acids is 1. The number of nitrogens with zero attached hydrogens (tertiary/aromatic N) is 3. The van der Waals surface area contributed by atoms with Crippen LogP contribution >= 0.6 is 0 Å². The van der Waals surface area contributed by atoms with Gasteiger partial charge in [0.05, 0.1) is 50.3 Å². The van der Waals surface area contributed by atoms with Crippen LogP contribution < -0.4 is 0 Å². The van der Waals surface area contributed by atoms with Crippen LogP contribution in [-0.2, 0) is 19.4 Å². The van der Waals surface area contributed by atoms with Crippen molar-refractivity contribution in [3.63, 3.8) is 0 Å². The molecule has 0 amide bonds. The van der Waals surface area contributed by atoms with Crippen molar-refractivity contribution in [3.05, 3.63) is 48.5 Å². The quantitative estimate of drug-likeness (QED) is 0.314. The summed E-state index contributed by atoms with van der Waals surface area (Å²) in [6.07, 6.45) is 0.931. The van der Waals surface area contributed by atoms with Gasteiger partial charge in [-0.15, -0.1) is 0 Å². The molecule has 8 nitrogen and oxygen atoms in total. The van der Waals surface area contributed by atoms with E-state index in [-0.39, 0.29) is 0 Å². The molecular weight excluding hydrogens is 370 g/mol. The van der Waals surface area contributed by atoms with E-state index in [1.54, 1.807) is 0 Å². The lowest BCUT2D eigenvalue weighted by Crippen LogP contribution is -2.35. The summed E-state index contributed by atoms with van der Waals surface area (Å²) in [6, 6.07) is 15.8. The molecule has 3 rings (SSSR count). The fraction of sp³-hybridized carbons (Fsp3) is 0.278. The molecule has 1 aromatic heterocycles. The van der Waals surface area contributed by atoms with Gasteiger partial charge in [0.1, 0.15) is 6.54 Å². The maximum atomic E-state index is 9.80. The molecule has 1 N–H and O–H groups in total. The predicted octanol–water partition coefficient (Wildman–Crippen LogP) is 2.11. The molecule has 9 heteroatoms. The molecule has 0 aliphatic rings. The third-order valence-corrected chi connectivity index (χ3v) is 3.50. The number of hydrogen-bond acceptors (Lipinski definition) is 6. The molecule has 0 aliphatic carbocycles. The Labute approximate surface area is 159 Å². The summed E-state index contributed by atoms with van der Waals surface area (Å²) in [7, 11) is 2.65. The van der Waals surface area contributed by atoms with Crippen molar-refractivity contribution in [2.24, 2.45) is 0 Å². The van der Waals surface area contributed by atoms with Crippen LogP contribution in [0.15, 0.2) is 48.5 Å². The summed E-state index contributed by atoms with van der Waals surface area (Å²) in [4.78, 5) is 18.8. The Balaban J connectivity index is 0.000000239. The van der Waals surface area contributed by atoms with E-state index >= 15 is 0 Å². The van der Waals surface area contributed by atoms with Gasteiger partial charge in [-0.25, -0.2) is 9.97 Å². The third-order valence-electron chi connectivity index (χ3n) is 3.08. The zero-order chi connectivity index (χ0) is 20.5. The number of quaternary nitrogens is 1. The number of carbonyl (C=O) groups is 1.